The van der Waals surface area contributed by atoms with Crippen molar-refractivity contribution in [1.29, 1.82) is 0 Å². The lowest BCUT2D eigenvalue weighted by molar-refractivity contribution is 0.178. The van der Waals surface area contributed by atoms with E-state index in [1.165, 1.54) is 12.1 Å². The monoisotopic (exact) mass is 341 g/mol. The summed E-state index contributed by atoms with van der Waals surface area (Å²) >= 11 is 3.28. The topological polar surface area (TPSA) is 85.1 Å². The van der Waals surface area contributed by atoms with Gasteiger partial charge in [-0.25, -0.2) is 20.2 Å². The first-order chi connectivity index (χ1) is 9.62. The van der Waals surface area contributed by atoms with Gasteiger partial charge in [-0.3, -0.25) is 0 Å². The Kier molecular flexibility index (Phi) is 4.83. The van der Waals surface area contributed by atoms with Gasteiger partial charge < -0.3 is 15.5 Å². The van der Waals surface area contributed by atoms with E-state index in [1.807, 2.05) is 0 Å². The molecule has 1 aromatic heterocycles. The predicted molar refractivity (Wildman–Crippen MR) is 77.9 cm³/mol. The summed E-state index contributed by atoms with van der Waals surface area (Å²) in [4.78, 5) is 8.41. The summed E-state index contributed by atoms with van der Waals surface area (Å²) < 4.78 is 18.6. The van der Waals surface area contributed by atoms with Crippen molar-refractivity contribution in [3.8, 4) is 0 Å². The van der Waals surface area contributed by atoms with E-state index in [0.717, 1.165) is 0 Å². The van der Waals surface area contributed by atoms with Crippen LogP contribution in [0.1, 0.15) is 5.82 Å². The fraction of sp³-hybridized carbons (Fsp3) is 0.167. The van der Waals surface area contributed by atoms with Gasteiger partial charge >= 0.3 is 0 Å². The number of methoxy groups -OCH3 is 1. The minimum absolute atomic E-state index is 0.259. The van der Waals surface area contributed by atoms with Gasteiger partial charge in [0.25, 0.3) is 0 Å². The molecule has 0 amide bonds. The van der Waals surface area contributed by atoms with E-state index in [-0.39, 0.29) is 12.4 Å². The molecule has 0 spiro atoms. The molecule has 0 saturated heterocycles. The number of rotatable bonds is 5. The molecule has 0 saturated carbocycles. The summed E-state index contributed by atoms with van der Waals surface area (Å²) in [5.74, 6) is 6.48. The minimum Gasteiger partial charge on any atom is -0.377 e. The van der Waals surface area contributed by atoms with Crippen LogP contribution in [-0.4, -0.2) is 17.1 Å². The third kappa shape index (κ3) is 3.62. The average Bonchev–Trinajstić information content (AvgIpc) is 2.42. The quantitative estimate of drug-likeness (QED) is 0.572. The Morgan fingerprint density at radius 3 is 2.70 bits per heavy atom. The number of nitrogens with one attached hydrogen (secondary N) is 2. The third-order valence-electron chi connectivity index (χ3n) is 2.39. The summed E-state index contributed by atoms with van der Waals surface area (Å²) in [6, 6.07) is 5.95. The Balaban J connectivity index is 2.29. The Morgan fingerprint density at radius 1 is 1.30 bits per heavy atom. The second-order valence-corrected chi connectivity index (χ2v) is 4.74. The SMILES string of the molecule is COCc1nc(NN)cc(Nc2ccc(F)cc2Br)n1. The molecule has 0 unspecified atom stereocenters. The van der Waals surface area contributed by atoms with Crippen LogP contribution in [0.3, 0.4) is 0 Å². The van der Waals surface area contributed by atoms with E-state index in [2.05, 4.69) is 36.6 Å². The number of anilines is 3. The normalized spacial score (nSPS) is 10.4. The van der Waals surface area contributed by atoms with Crippen LogP contribution in [0.15, 0.2) is 28.7 Å². The van der Waals surface area contributed by atoms with Crippen LogP contribution in [0, 0.1) is 5.82 Å². The highest BCUT2D eigenvalue weighted by Gasteiger charge is 2.07. The first-order valence-corrected chi connectivity index (χ1v) is 6.47. The molecule has 0 aliphatic carbocycles. The summed E-state index contributed by atoms with van der Waals surface area (Å²) in [6.07, 6.45) is 0. The van der Waals surface area contributed by atoms with Gasteiger partial charge in [-0.05, 0) is 34.1 Å². The maximum absolute atomic E-state index is 13.0. The highest BCUT2D eigenvalue weighted by molar-refractivity contribution is 9.10. The van der Waals surface area contributed by atoms with Crippen molar-refractivity contribution in [3.63, 3.8) is 0 Å². The molecule has 6 nitrogen and oxygen atoms in total. The van der Waals surface area contributed by atoms with Crippen molar-refractivity contribution in [3.05, 3.63) is 40.4 Å². The summed E-state index contributed by atoms with van der Waals surface area (Å²) in [5.41, 5.74) is 3.13. The zero-order valence-corrected chi connectivity index (χ0v) is 12.2. The highest BCUT2D eigenvalue weighted by Crippen LogP contribution is 2.26. The van der Waals surface area contributed by atoms with E-state index in [9.17, 15) is 4.39 Å². The van der Waals surface area contributed by atoms with E-state index in [0.29, 0.717) is 27.6 Å². The second kappa shape index (κ2) is 6.60. The summed E-state index contributed by atoms with van der Waals surface area (Å²) in [7, 11) is 1.55. The molecule has 0 radical (unpaired) electrons. The van der Waals surface area contributed by atoms with E-state index >= 15 is 0 Å². The molecule has 0 aliphatic heterocycles. The lowest BCUT2D eigenvalue weighted by atomic mass is 10.3. The van der Waals surface area contributed by atoms with E-state index in [4.69, 9.17) is 10.6 Å². The molecule has 0 bridgehead atoms. The Labute approximate surface area is 123 Å². The standard InChI is InChI=1S/C12H13BrFN5O/c1-20-6-12-17-10(5-11(18-12)19-15)16-9-3-2-7(14)4-8(9)13/h2-5H,6,15H2,1H3,(H2,16,17,18,19). The number of ether oxygens (including phenoxy) is 1. The molecule has 2 rings (SSSR count). The van der Waals surface area contributed by atoms with Gasteiger partial charge in [0.2, 0.25) is 0 Å². The number of hydrogen-bond donors (Lipinski definition) is 3. The molecule has 0 fully saturated rings. The Hall–Kier alpha value is -1.77. The van der Waals surface area contributed by atoms with Crippen LogP contribution in [0.25, 0.3) is 0 Å². The van der Waals surface area contributed by atoms with Crippen molar-refractivity contribution in [2.75, 3.05) is 17.9 Å². The number of aromatic nitrogens is 2. The van der Waals surface area contributed by atoms with Gasteiger partial charge in [-0.2, -0.15) is 0 Å². The van der Waals surface area contributed by atoms with E-state index in [1.54, 1.807) is 19.2 Å². The molecule has 1 aromatic carbocycles. The van der Waals surface area contributed by atoms with Gasteiger partial charge in [0.15, 0.2) is 5.82 Å². The van der Waals surface area contributed by atoms with Gasteiger partial charge in [0.05, 0.1) is 5.69 Å². The number of hydrogen-bond acceptors (Lipinski definition) is 6. The molecular weight excluding hydrogens is 329 g/mol. The molecule has 0 aliphatic rings. The van der Waals surface area contributed by atoms with Crippen LogP contribution >= 0.6 is 15.9 Å². The van der Waals surface area contributed by atoms with Crippen LogP contribution in [-0.2, 0) is 11.3 Å². The van der Waals surface area contributed by atoms with Gasteiger partial charge in [0.1, 0.15) is 24.1 Å². The maximum Gasteiger partial charge on any atom is 0.158 e. The third-order valence-corrected chi connectivity index (χ3v) is 3.04. The smallest absolute Gasteiger partial charge is 0.158 e. The lowest BCUT2D eigenvalue weighted by Gasteiger charge is -2.10. The molecule has 20 heavy (non-hydrogen) atoms. The van der Waals surface area contributed by atoms with Crippen molar-refractivity contribution < 1.29 is 9.13 Å². The highest BCUT2D eigenvalue weighted by atomic mass is 79.9. The minimum atomic E-state index is -0.325. The molecule has 1 heterocycles. The van der Waals surface area contributed by atoms with Crippen molar-refractivity contribution in [1.82, 2.24) is 9.97 Å². The molecule has 106 valence electrons. The maximum atomic E-state index is 13.0. The van der Waals surface area contributed by atoms with Gasteiger partial charge in [-0.15, -0.1) is 0 Å². The lowest BCUT2D eigenvalue weighted by Crippen LogP contribution is -2.12. The molecular formula is C12H13BrFN5O. The number of benzene rings is 1. The number of hydrazine groups is 1. The average molecular weight is 342 g/mol. The fourth-order valence-electron chi connectivity index (χ4n) is 1.56. The molecule has 4 N–H and O–H groups in total. The molecule has 0 atom stereocenters. The largest absolute Gasteiger partial charge is 0.377 e. The zero-order chi connectivity index (χ0) is 14.5. The Morgan fingerprint density at radius 2 is 2.05 bits per heavy atom. The first kappa shape index (κ1) is 14.6. The number of nitrogens with two attached hydrogens (primary N) is 1. The van der Waals surface area contributed by atoms with Crippen LogP contribution < -0.4 is 16.6 Å². The van der Waals surface area contributed by atoms with Gasteiger partial charge in [-0.1, -0.05) is 0 Å². The van der Waals surface area contributed by atoms with Crippen LogP contribution in [0.4, 0.5) is 21.7 Å². The van der Waals surface area contributed by atoms with Crippen molar-refractivity contribution in [2.45, 2.75) is 6.61 Å². The van der Waals surface area contributed by atoms with Crippen molar-refractivity contribution >= 4 is 33.3 Å². The zero-order valence-electron chi connectivity index (χ0n) is 10.7. The number of nitrogen functional groups attached to an aromatic ring is 1. The number of halogens is 2. The summed E-state index contributed by atoms with van der Waals surface area (Å²) in [6.45, 7) is 0.259. The summed E-state index contributed by atoms with van der Waals surface area (Å²) in [5, 5.41) is 3.06. The van der Waals surface area contributed by atoms with Gasteiger partial charge in [0, 0.05) is 17.6 Å². The predicted octanol–water partition coefficient (Wildman–Crippen LogP) is 2.55. The molecule has 2 aromatic rings. The van der Waals surface area contributed by atoms with Crippen LogP contribution in [0.2, 0.25) is 0 Å². The van der Waals surface area contributed by atoms with Crippen molar-refractivity contribution in [2.24, 2.45) is 5.84 Å². The van der Waals surface area contributed by atoms with E-state index < -0.39 is 0 Å². The van der Waals surface area contributed by atoms with Crippen LogP contribution in [0.5, 0.6) is 0 Å². The fourth-order valence-corrected chi connectivity index (χ4v) is 2.01. The first-order valence-electron chi connectivity index (χ1n) is 5.68. The number of nitrogens with zero attached hydrogens (tertiary/aromatic N) is 2. The Bertz CT molecular complexity index is 610. The molecule has 8 heteroatoms. The second-order valence-electron chi connectivity index (χ2n) is 3.88.